The van der Waals surface area contributed by atoms with Crippen LogP contribution >= 0.6 is 11.3 Å². The zero-order valence-corrected chi connectivity index (χ0v) is 22.1. The predicted molar refractivity (Wildman–Crippen MR) is 148 cm³/mol. The standard InChI is InChI=1S/C28H32N6O3S/c35-25(17-33-12-14-34(15-13-33)21-8-9-21)29-24-16-22(37-18-19-6-7-19)10-11-23(24)26(36)30-28-32-31-27(38-28)20-4-2-1-3-5-20/h1-5,10-11,16,19,21H,6-9,12-15,17-18H2,(H,29,35)(H,30,32,36). The van der Waals surface area contributed by atoms with Gasteiger partial charge in [0.05, 0.1) is 24.4 Å². The van der Waals surface area contributed by atoms with Crippen molar-refractivity contribution in [2.45, 2.75) is 31.7 Å². The lowest BCUT2D eigenvalue weighted by Crippen LogP contribution is -2.49. The smallest absolute Gasteiger partial charge is 0.259 e. The lowest BCUT2D eigenvalue weighted by molar-refractivity contribution is -0.117. The van der Waals surface area contributed by atoms with Crippen LogP contribution in [0.1, 0.15) is 36.0 Å². The van der Waals surface area contributed by atoms with Gasteiger partial charge in [-0.05, 0) is 43.7 Å². The van der Waals surface area contributed by atoms with E-state index in [1.807, 2.05) is 30.3 Å². The fraction of sp³-hybridized carbons (Fsp3) is 0.429. The molecular formula is C28H32N6O3S. The first kappa shape index (κ1) is 25.0. The number of carbonyl (C=O) groups excluding carboxylic acids is 2. The molecule has 2 amide bonds. The zero-order valence-electron chi connectivity index (χ0n) is 21.3. The largest absolute Gasteiger partial charge is 0.493 e. The van der Waals surface area contributed by atoms with Crippen molar-refractivity contribution in [3.8, 4) is 16.3 Å². The summed E-state index contributed by atoms with van der Waals surface area (Å²) in [4.78, 5) is 31.0. The summed E-state index contributed by atoms with van der Waals surface area (Å²) in [5.74, 6) is 0.744. The number of rotatable bonds is 10. The molecular weight excluding hydrogens is 500 g/mol. The van der Waals surface area contributed by atoms with Crippen molar-refractivity contribution in [3.05, 3.63) is 54.1 Å². The van der Waals surface area contributed by atoms with Crippen LogP contribution in [0.3, 0.4) is 0 Å². The molecule has 2 N–H and O–H groups in total. The van der Waals surface area contributed by atoms with Gasteiger partial charge in [-0.3, -0.25) is 24.7 Å². The number of anilines is 2. The van der Waals surface area contributed by atoms with E-state index in [2.05, 4.69) is 30.6 Å². The van der Waals surface area contributed by atoms with Gasteiger partial charge in [0.1, 0.15) is 10.8 Å². The lowest BCUT2D eigenvalue weighted by atomic mass is 10.1. The highest BCUT2D eigenvalue weighted by molar-refractivity contribution is 7.18. The van der Waals surface area contributed by atoms with Crippen LogP contribution in [0.5, 0.6) is 5.75 Å². The quantitative estimate of drug-likeness (QED) is 0.408. The second-order valence-corrected chi connectivity index (χ2v) is 11.3. The molecule has 2 saturated carbocycles. The molecule has 1 saturated heterocycles. The highest BCUT2D eigenvalue weighted by Crippen LogP contribution is 2.32. The molecule has 0 atom stereocenters. The fourth-order valence-electron chi connectivity index (χ4n) is 4.67. The number of carbonyl (C=O) groups is 2. The number of aromatic nitrogens is 2. The normalized spacial score (nSPS) is 18.2. The molecule has 0 bridgehead atoms. The van der Waals surface area contributed by atoms with Gasteiger partial charge in [-0.1, -0.05) is 41.7 Å². The topological polar surface area (TPSA) is 99.7 Å². The molecule has 1 aromatic heterocycles. The molecule has 3 aliphatic rings. The van der Waals surface area contributed by atoms with Gasteiger partial charge in [-0.15, -0.1) is 10.2 Å². The molecule has 3 fully saturated rings. The van der Waals surface area contributed by atoms with Crippen molar-refractivity contribution in [3.63, 3.8) is 0 Å². The molecule has 2 aromatic carbocycles. The number of amides is 2. The Balaban J connectivity index is 1.13. The number of benzene rings is 2. The third-order valence-electron chi connectivity index (χ3n) is 7.20. The molecule has 2 heterocycles. The summed E-state index contributed by atoms with van der Waals surface area (Å²) < 4.78 is 5.93. The Morgan fingerprint density at radius 1 is 0.947 bits per heavy atom. The van der Waals surface area contributed by atoms with Crippen molar-refractivity contribution in [1.29, 1.82) is 0 Å². The Morgan fingerprint density at radius 2 is 1.74 bits per heavy atom. The summed E-state index contributed by atoms with van der Waals surface area (Å²) in [5, 5.41) is 15.3. The van der Waals surface area contributed by atoms with Crippen LogP contribution in [-0.4, -0.2) is 77.2 Å². The molecule has 2 aliphatic carbocycles. The average Bonchev–Trinajstić information content (AvgIpc) is 3.87. The molecule has 0 radical (unpaired) electrons. The first-order valence-corrected chi connectivity index (χ1v) is 14.2. The van der Waals surface area contributed by atoms with E-state index in [9.17, 15) is 9.59 Å². The summed E-state index contributed by atoms with van der Waals surface area (Å²) in [6.07, 6.45) is 4.97. The van der Waals surface area contributed by atoms with Crippen LogP contribution in [0.2, 0.25) is 0 Å². The Labute approximate surface area is 226 Å². The highest BCUT2D eigenvalue weighted by Gasteiger charge is 2.31. The summed E-state index contributed by atoms with van der Waals surface area (Å²) in [6.45, 7) is 4.71. The van der Waals surface area contributed by atoms with E-state index in [4.69, 9.17) is 4.74 Å². The minimum absolute atomic E-state index is 0.138. The summed E-state index contributed by atoms with van der Waals surface area (Å²) >= 11 is 1.30. The number of nitrogens with one attached hydrogen (secondary N) is 2. The van der Waals surface area contributed by atoms with Gasteiger partial charge in [0.15, 0.2) is 0 Å². The minimum Gasteiger partial charge on any atom is -0.493 e. The van der Waals surface area contributed by atoms with Gasteiger partial charge in [-0.25, -0.2) is 0 Å². The van der Waals surface area contributed by atoms with Crippen molar-refractivity contribution in [2.75, 3.05) is 50.0 Å². The number of ether oxygens (including phenoxy) is 1. The van der Waals surface area contributed by atoms with Crippen LogP contribution in [0.25, 0.3) is 10.6 Å². The molecule has 3 aromatic rings. The van der Waals surface area contributed by atoms with Gasteiger partial charge < -0.3 is 10.1 Å². The zero-order chi connectivity index (χ0) is 25.9. The summed E-state index contributed by atoms with van der Waals surface area (Å²) in [5.41, 5.74) is 1.73. The average molecular weight is 533 g/mol. The van der Waals surface area contributed by atoms with Gasteiger partial charge >= 0.3 is 0 Å². The van der Waals surface area contributed by atoms with E-state index in [1.54, 1.807) is 18.2 Å². The second kappa shape index (κ2) is 11.2. The Morgan fingerprint density at radius 3 is 2.47 bits per heavy atom. The van der Waals surface area contributed by atoms with E-state index in [-0.39, 0.29) is 11.8 Å². The number of hydrogen-bond donors (Lipinski definition) is 2. The van der Waals surface area contributed by atoms with E-state index >= 15 is 0 Å². The van der Waals surface area contributed by atoms with E-state index in [0.29, 0.717) is 41.2 Å². The molecule has 0 spiro atoms. The predicted octanol–water partition coefficient (Wildman–Crippen LogP) is 3.96. The molecule has 198 valence electrons. The van der Waals surface area contributed by atoms with Crippen LogP contribution in [0.15, 0.2) is 48.5 Å². The monoisotopic (exact) mass is 532 g/mol. The van der Waals surface area contributed by atoms with Crippen molar-refractivity contribution < 1.29 is 14.3 Å². The Hall–Kier alpha value is -3.34. The van der Waals surface area contributed by atoms with E-state index in [0.717, 1.165) is 42.8 Å². The lowest BCUT2D eigenvalue weighted by Gasteiger charge is -2.34. The maximum absolute atomic E-state index is 13.3. The highest BCUT2D eigenvalue weighted by atomic mass is 32.1. The van der Waals surface area contributed by atoms with Gasteiger partial charge in [0.25, 0.3) is 5.91 Å². The Kier molecular flexibility index (Phi) is 7.35. The molecule has 9 nitrogen and oxygen atoms in total. The second-order valence-electron chi connectivity index (χ2n) is 10.3. The maximum atomic E-state index is 13.3. The summed E-state index contributed by atoms with van der Waals surface area (Å²) in [6, 6.07) is 15.7. The van der Waals surface area contributed by atoms with E-state index < -0.39 is 0 Å². The van der Waals surface area contributed by atoms with Crippen molar-refractivity contribution in [1.82, 2.24) is 20.0 Å². The molecule has 1 aliphatic heterocycles. The first-order valence-electron chi connectivity index (χ1n) is 13.3. The van der Waals surface area contributed by atoms with Crippen LogP contribution in [-0.2, 0) is 4.79 Å². The van der Waals surface area contributed by atoms with Crippen LogP contribution < -0.4 is 15.4 Å². The first-order chi connectivity index (χ1) is 18.6. The maximum Gasteiger partial charge on any atom is 0.259 e. The van der Waals surface area contributed by atoms with Crippen LogP contribution in [0, 0.1) is 5.92 Å². The number of nitrogens with zero attached hydrogens (tertiary/aromatic N) is 4. The molecule has 10 heteroatoms. The van der Waals surface area contributed by atoms with Crippen molar-refractivity contribution in [2.24, 2.45) is 5.92 Å². The van der Waals surface area contributed by atoms with Gasteiger partial charge in [-0.2, -0.15) is 0 Å². The molecule has 38 heavy (non-hydrogen) atoms. The minimum atomic E-state index is -0.358. The third-order valence-corrected chi connectivity index (χ3v) is 8.08. The van der Waals surface area contributed by atoms with Gasteiger partial charge in [0, 0.05) is 43.9 Å². The molecule has 0 unspecified atom stereocenters. The fourth-order valence-corrected chi connectivity index (χ4v) is 5.41. The van der Waals surface area contributed by atoms with Crippen LogP contribution in [0.4, 0.5) is 10.8 Å². The van der Waals surface area contributed by atoms with E-state index in [1.165, 1.54) is 37.0 Å². The van der Waals surface area contributed by atoms with Gasteiger partial charge in [0.2, 0.25) is 11.0 Å². The Bertz CT molecular complexity index is 1280. The SMILES string of the molecule is O=C(CN1CCN(C2CC2)CC1)Nc1cc(OCC2CC2)ccc1C(=O)Nc1nnc(-c2ccccc2)s1. The summed E-state index contributed by atoms with van der Waals surface area (Å²) in [7, 11) is 0. The number of piperazine rings is 1. The third kappa shape index (κ3) is 6.38. The number of hydrogen-bond acceptors (Lipinski definition) is 8. The molecule has 6 rings (SSSR count). The van der Waals surface area contributed by atoms with Crippen molar-refractivity contribution >= 4 is 34.0 Å².